The van der Waals surface area contributed by atoms with Crippen molar-refractivity contribution < 1.29 is 19.4 Å². The summed E-state index contributed by atoms with van der Waals surface area (Å²) in [4.78, 5) is 23.2. The van der Waals surface area contributed by atoms with Crippen LogP contribution in [-0.4, -0.2) is 23.5 Å². The van der Waals surface area contributed by atoms with Crippen LogP contribution in [0.25, 0.3) is 0 Å². The number of thiophene rings is 1. The third-order valence-electron chi connectivity index (χ3n) is 2.29. The molecule has 1 N–H and O–H groups in total. The number of aliphatic carboxylic acids is 1. The number of carboxylic acid groups (broad SMARTS) is 1. The second-order valence-electron chi connectivity index (χ2n) is 3.63. The number of ether oxygens (including phenoxy) is 1. The van der Waals surface area contributed by atoms with Crippen LogP contribution >= 0.6 is 27.3 Å². The SMILES string of the molecule is O=C(O)COc1ccc(C(=O)c2cccs2)cc1Br. The summed E-state index contributed by atoms with van der Waals surface area (Å²) in [6.45, 7) is -0.420. The van der Waals surface area contributed by atoms with E-state index in [2.05, 4.69) is 15.9 Å². The largest absolute Gasteiger partial charge is 0.481 e. The summed E-state index contributed by atoms with van der Waals surface area (Å²) in [6, 6.07) is 8.39. The molecule has 2 aromatic rings. The lowest BCUT2D eigenvalue weighted by molar-refractivity contribution is -0.139. The Morgan fingerprint density at radius 1 is 1.32 bits per heavy atom. The van der Waals surface area contributed by atoms with Gasteiger partial charge < -0.3 is 9.84 Å². The van der Waals surface area contributed by atoms with Gasteiger partial charge in [0.05, 0.1) is 9.35 Å². The van der Waals surface area contributed by atoms with Crippen molar-refractivity contribution in [2.45, 2.75) is 0 Å². The number of halogens is 1. The van der Waals surface area contributed by atoms with Crippen LogP contribution in [0.5, 0.6) is 5.75 Å². The molecule has 0 saturated carbocycles. The highest BCUT2D eigenvalue weighted by Gasteiger charge is 2.12. The van der Waals surface area contributed by atoms with Crippen LogP contribution in [0.4, 0.5) is 0 Å². The van der Waals surface area contributed by atoms with Gasteiger partial charge >= 0.3 is 5.97 Å². The van der Waals surface area contributed by atoms with Crippen LogP contribution in [0, 0.1) is 0 Å². The molecule has 2 rings (SSSR count). The summed E-state index contributed by atoms with van der Waals surface area (Å²) in [5.41, 5.74) is 0.525. The molecular formula is C13H9BrO4S. The van der Waals surface area contributed by atoms with Gasteiger partial charge in [0.1, 0.15) is 5.75 Å². The average Bonchev–Trinajstić information content (AvgIpc) is 2.90. The van der Waals surface area contributed by atoms with Crippen molar-refractivity contribution in [1.82, 2.24) is 0 Å². The quantitative estimate of drug-likeness (QED) is 0.849. The van der Waals surface area contributed by atoms with E-state index in [4.69, 9.17) is 9.84 Å². The van der Waals surface area contributed by atoms with E-state index in [9.17, 15) is 9.59 Å². The minimum atomic E-state index is -1.05. The van der Waals surface area contributed by atoms with Gasteiger partial charge in [-0.1, -0.05) is 6.07 Å². The lowest BCUT2D eigenvalue weighted by atomic mass is 10.1. The maximum atomic E-state index is 12.1. The maximum absolute atomic E-state index is 12.1. The maximum Gasteiger partial charge on any atom is 0.341 e. The number of hydrogen-bond donors (Lipinski definition) is 1. The topological polar surface area (TPSA) is 63.6 Å². The van der Waals surface area contributed by atoms with E-state index in [1.54, 1.807) is 24.3 Å². The Hall–Kier alpha value is -1.66. The zero-order valence-electron chi connectivity index (χ0n) is 9.63. The average molecular weight is 341 g/mol. The van der Waals surface area contributed by atoms with E-state index in [1.165, 1.54) is 11.3 Å². The molecule has 6 heteroatoms. The Kier molecular flexibility index (Phi) is 4.34. The molecule has 0 fully saturated rings. The first-order valence-corrected chi connectivity index (χ1v) is 6.97. The van der Waals surface area contributed by atoms with Crippen molar-refractivity contribution >= 4 is 39.0 Å². The molecule has 1 heterocycles. The highest BCUT2D eigenvalue weighted by molar-refractivity contribution is 9.10. The molecule has 0 radical (unpaired) electrons. The van der Waals surface area contributed by atoms with Crippen LogP contribution < -0.4 is 4.74 Å². The van der Waals surface area contributed by atoms with E-state index < -0.39 is 12.6 Å². The smallest absolute Gasteiger partial charge is 0.341 e. The van der Waals surface area contributed by atoms with Crippen LogP contribution in [0.2, 0.25) is 0 Å². The molecule has 0 atom stereocenters. The van der Waals surface area contributed by atoms with Crippen molar-refractivity contribution in [3.63, 3.8) is 0 Å². The highest BCUT2D eigenvalue weighted by Crippen LogP contribution is 2.27. The number of carbonyl (C=O) groups is 2. The molecule has 0 saturated heterocycles. The van der Waals surface area contributed by atoms with Gasteiger partial charge in [-0.2, -0.15) is 0 Å². The van der Waals surface area contributed by atoms with Crippen LogP contribution in [0.15, 0.2) is 40.2 Å². The lowest BCUT2D eigenvalue weighted by Gasteiger charge is -2.07. The summed E-state index contributed by atoms with van der Waals surface area (Å²) >= 11 is 4.64. The van der Waals surface area contributed by atoms with Gasteiger partial charge in [0, 0.05) is 5.56 Å². The van der Waals surface area contributed by atoms with E-state index in [1.807, 2.05) is 11.4 Å². The van der Waals surface area contributed by atoms with Crippen molar-refractivity contribution in [2.24, 2.45) is 0 Å². The second kappa shape index (κ2) is 5.99. The standard InChI is InChI=1S/C13H9BrO4S/c14-9-6-8(13(17)11-2-1-5-19-11)3-4-10(9)18-7-12(15)16/h1-6H,7H2,(H,15,16). The summed E-state index contributed by atoms with van der Waals surface area (Å²) < 4.78 is 5.62. The zero-order chi connectivity index (χ0) is 13.8. The van der Waals surface area contributed by atoms with Gasteiger partial charge in [-0.25, -0.2) is 4.79 Å². The van der Waals surface area contributed by atoms with Gasteiger partial charge in [0.25, 0.3) is 0 Å². The van der Waals surface area contributed by atoms with E-state index in [0.29, 0.717) is 20.7 Å². The summed E-state index contributed by atoms with van der Waals surface area (Å²) in [5.74, 6) is -0.726. The normalized spacial score (nSPS) is 10.2. The Morgan fingerprint density at radius 3 is 2.68 bits per heavy atom. The summed E-state index contributed by atoms with van der Waals surface area (Å²) in [7, 11) is 0. The van der Waals surface area contributed by atoms with Crippen molar-refractivity contribution in [1.29, 1.82) is 0 Å². The van der Waals surface area contributed by atoms with Crippen LogP contribution in [0.3, 0.4) is 0 Å². The number of carboxylic acids is 1. The molecule has 1 aromatic heterocycles. The Balaban J connectivity index is 2.19. The number of carbonyl (C=O) groups excluding carboxylic acids is 1. The van der Waals surface area contributed by atoms with Crippen LogP contribution in [0.1, 0.15) is 15.2 Å². The zero-order valence-corrected chi connectivity index (χ0v) is 12.0. The Morgan fingerprint density at radius 2 is 2.11 bits per heavy atom. The molecule has 0 bridgehead atoms. The number of ketones is 1. The van der Waals surface area contributed by atoms with Gasteiger partial charge in [-0.3, -0.25) is 4.79 Å². The first-order chi connectivity index (χ1) is 9.08. The van der Waals surface area contributed by atoms with E-state index in [0.717, 1.165) is 0 Å². The molecular weight excluding hydrogens is 332 g/mol. The Bertz CT molecular complexity index is 607. The molecule has 0 unspecified atom stereocenters. The van der Waals surface area contributed by atoms with Gasteiger partial charge in [-0.05, 0) is 45.6 Å². The predicted octanol–water partition coefficient (Wildman–Crippen LogP) is 3.21. The third-order valence-corrected chi connectivity index (χ3v) is 3.78. The minimum absolute atomic E-state index is 0.0690. The molecule has 98 valence electrons. The fourth-order valence-corrected chi connectivity index (χ4v) is 2.63. The van der Waals surface area contributed by atoms with Crippen molar-refractivity contribution in [3.8, 4) is 5.75 Å². The number of rotatable bonds is 5. The highest BCUT2D eigenvalue weighted by atomic mass is 79.9. The fourth-order valence-electron chi connectivity index (χ4n) is 1.45. The molecule has 0 aliphatic heterocycles. The van der Waals surface area contributed by atoms with Crippen LogP contribution in [-0.2, 0) is 4.79 Å². The van der Waals surface area contributed by atoms with Crippen molar-refractivity contribution in [2.75, 3.05) is 6.61 Å². The number of hydrogen-bond acceptors (Lipinski definition) is 4. The second-order valence-corrected chi connectivity index (χ2v) is 5.44. The van der Waals surface area contributed by atoms with E-state index in [-0.39, 0.29) is 5.78 Å². The molecule has 0 amide bonds. The molecule has 0 spiro atoms. The molecule has 0 aliphatic rings. The van der Waals surface area contributed by atoms with Gasteiger partial charge in [0.2, 0.25) is 5.78 Å². The molecule has 4 nitrogen and oxygen atoms in total. The predicted molar refractivity (Wildman–Crippen MR) is 75.0 cm³/mol. The fraction of sp³-hybridized carbons (Fsp3) is 0.0769. The first-order valence-electron chi connectivity index (χ1n) is 5.30. The van der Waals surface area contributed by atoms with Gasteiger partial charge in [0.15, 0.2) is 6.61 Å². The number of benzene rings is 1. The Labute approximate surface area is 121 Å². The monoisotopic (exact) mass is 340 g/mol. The molecule has 1 aromatic carbocycles. The molecule has 19 heavy (non-hydrogen) atoms. The van der Waals surface area contributed by atoms with Crippen molar-refractivity contribution in [3.05, 3.63) is 50.6 Å². The summed E-state index contributed by atoms with van der Waals surface area (Å²) in [5, 5.41) is 10.4. The molecule has 0 aliphatic carbocycles. The minimum Gasteiger partial charge on any atom is -0.481 e. The van der Waals surface area contributed by atoms with E-state index >= 15 is 0 Å². The summed E-state index contributed by atoms with van der Waals surface area (Å²) in [6.07, 6.45) is 0. The third kappa shape index (κ3) is 3.42. The lowest BCUT2D eigenvalue weighted by Crippen LogP contribution is -2.10. The first kappa shape index (κ1) is 13.8. The van der Waals surface area contributed by atoms with Gasteiger partial charge in [-0.15, -0.1) is 11.3 Å².